The number of aromatic nitrogens is 1. The van der Waals surface area contributed by atoms with E-state index in [0.717, 1.165) is 19.3 Å². The van der Waals surface area contributed by atoms with Crippen molar-refractivity contribution in [3.05, 3.63) is 64.4 Å². The van der Waals surface area contributed by atoms with Crippen LogP contribution in [0.1, 0.15) is 36.5 Å². The lowest BCUT2D eigenvalue weighted by Crippen LogP contribution is -2.30. The van der Waals surface area contributed by atoms with E-state index in [1.54, 1.807) is 47.0 Å². The largest absolute Gasteiger partial charge is 0.506 e. The molecule has 0 aliphatic rings. The van der Waals surface area contributed by atoms with Gasteiger partial charge in [0.25, 0.3) is 11.5 Å². The Kier molecular flexibility index (Phi) is 5.99. The summed E-state index contributed by atoms with van der Waals surface area (Å²) in [5.74, 6) is -0.365. The lowest BCUT2D eigenvalue weighted by Gasteiger charge is -2.15. The molecule has 1 amide bonds. The molecular formula is C22H24N2O4. The summed E-state index contributed by atoms with van der Waals surface area (Å²) in [4.78, 5) is 25.9. The van der Waals surface area contributed by atoms with Gasteiger partial charge in [-0.1, -0.05) is 38.0 Å². The molecule has 0 bridgehead atoms. The molecule has 3 rings (SSSR count). The first kappa shape index (κ1) is 19.5. The third kappa shape index (κ3) is 3.86. The van der Waals surface area contributed by atoms with E-state index in [0.29, 0.717) is 28.9 Å². The minimum Gasteiger partial charge on any atom is -0.506 e. The molecule has 1 aromatic heterocycles. The summed E-state index contributed by atoms with van der Waals surface area (Å²) in [7, 11) is 1.53. The van der Waals surface area contributed by atoms with Crippen molar-refractivity contribution in [2.24, 2.45) is 0 Å². The molecule has 0 atom stereocenters. The Labute approximate surface area is 163 Å². The summed E-state index contributed by atoms with van der Waals surface area (Å²) in [6.07, 6.45) is 2.82. The number of fused-ring (bicyclic) bond motifs is 1. The Bertz CT molecular complexity index is 1060. The van der Waals surface area contributed by atoms with Gasteiger partial charge in [-0.05, 0) is 30.7 Å². The number of benzene rings is 2. The Morgan fingerprint density at radius 1 is 1.14 bits per heavy atom. The number of carbonyl (C=O) groups excluding carboxylic acids is 1. The molecular weight excluding hydrogens is 356 g/mol. The standard InChI is InChI=1S/C22H24N2O4/c1-3-4-7-13-24-18-12-6-5-11-17(18)20(25)19(22(24)27)21(26)23-15-9-8-10-16(14-15)28-2/h5-6,8-12,14,25H,3-4,7,13H2,1-2H3,(H,23,26). The van der Waals surface area contributed by atoms with Crippen molar-refractivity contribution in [1.29, 1.82) is 0 Å². The van der Waals surface area contributed by atoms with Gasteiger partial charge in [0.15, 0.2) is 0 Å². The Balaban J connectivity index is 2.06. The van der Waals surface area contributed by atoms with Crippen LogP contribution in [0.25, 0.3) is 10.9 Å². The smallest absolute Gasteiger partial charge is 0.267 e. The maximum atomic E-state index is 13.1. The van der Waals surface area contributed by atoms with Crippen molar-refractivity contribution in [2.45, 2.75) is 32.7 Å². The highest BCUT2D eigenvalue weighted by molar-refractivity contribution is 6.09. The summed E-state index contributed by atoms with van der Waals surface area (Å²) in [5, 5.41) is 13.8. The zero-order chi connectivity index (χ0) is 20.1. The van der Waals surface area contributed by atoms with E-state index in [2.05, 4.69) is 12.2 Å². The minimum absolute atomic E-state index is 0.252. The molecule has 0 aliphatic heterocycles. The van der Waals surface area contributed by atoms with Gasteiger partial charge in [-0.25, -0.2) is 0 Å². The van der Waals surface area contributed by atoms with E-state index in [-0.39, 0.29) is 11.3 Å². The van der Waals surface area contributed by atoms with Crippen molar-refractivity contribution in [2.75, 3.05) is 12.4 Å². The van der Waals surface area contributed by atoms with E-state index >= 15 is 0 Å². The molecule has 0 aliphatic carbocycles. The van der Waals surface area contributed by atoms with Crippen LogP contribution < -0.4 is 15.6 Å². The Hall–Kier alpha value is -3.28. The third-order valence-corrected chi connectivity index (χ3v) is 4.69. The Morgan fingerprint density at radius 2 is 1.93 bits per heavy atom. The van der Waals surface area contributed by atoms with Crippen molar-refractivity contribution < 1.29 is 14.6 Å². The highest BCUT2D eigenvalue weighted by Crippen LogP contribution is 2.27. The molecule has 2 aromatic carbocycles. The van der Waals surface area contributed by atoms with Crippen LogP contribution in [0.15, 0.2) is 53.3 Å². The highest BCUT2D eigenvalue weighted by Gasteiger charge is 2.22. The van der Waals surface area contributed by atoms with Gasteiger partial charge in [-0.15, -0.1) is 0 Å². The normalized spacial score (nSPS) is 10.8. The van der Waals surface area contributed by atoms with E-state index in [1.807, 2.05) is 6.07 Å². The number of nitrogens with one attached hydrogen (secondary N) is 1. The molecule has 0 fully saturated rings. The topological polar surface area (TPSA) is 80.6 Å². The predicted molar refractivity (Wildman–Crippen MR) is 110 cm³/mol. The van der Waals surface area contributed by atoms with Crippen molar-refractivity contribution >= 4 is 22.5 Å². The molecule has 0 radical (unpaired) electrons. The van der Waals surface area contributed by atoms with Crippen molar-refractivity contribution in [3.63, 3.8) is 0 Å². The molecule has 0 spiro atoms. The fourth-order valence-electron chi connectivity index (χ4n) is 3.23. The number of pyridine rings is 1. The number of aryl methyl sites for hydroxylation is 1. The molecule has 28 heavy (non-hydrogen) atoms. The van der Waals surface area contributed by atoms with Crippen LogP contribution in [0.5, 0.6) is 11.5 Å². The van der Waals surface area contributed by atoms with Gasteiger partial charge in [0.1, 0.15) is 17.1 Å². The summed E-state index contributed by atoms with van der Waals surface area (Å²) >= 11 is 0. The number of rotatable bonds is 7. The molecule has 0 saturated heterocycles. The van der Waals surface area contributed by atoms with E-state index in [1.165, 1.54) is 7.11 Å². The summed E-state index contributed by atoms with van der Waals surface area (Å²) in [6, 6.07) is 13.9. The number of nitrogens with zero attached hydrogens (tertiary/aromatic N) is 1. The zero-order valence-electron chi connectivity index (χ0n) is 16.1. The molecule has 3 aromatic rings. The molecule has 0 saturated carbocycles. The van der Waals surface area contributed by atoms with Crippen LogP contribution in [-0.4, -0.2) is 22.7 Å². The minimum atomic E-state index is -0.647. The lowest BCUT2D eigenvalue weighted by atomic mass is 10.1. The van der Waals surface area contributed by atoms with Gasteiger partial charge in [0, 0.05) is 23.7 Å². The summed E-state index contributed by atoms with van der Waals surface area (Å²) in [5.41, 5.74) is 0.360. The number of methoxy groups -OCH3 is 1. The number of anilines is 1. The average molecular weight is 380 g/mol. The van der Waals surface area contributed by atoms with Crippen LogP contribution in [0.3, 0.4) is 0 Å². The van der Waals surface area contributed by atoms with Crippen molar-refractivity contribution in [1.82, 2.24) is 4.57 Å². The molecule has 2 N–H and O–H groups in total. The van der Waals surface area contributed by atoms with Gasteiger partial charge in [0.05, 0.1) is 12.6 Å². The molecule has 6 heteroatoms. The molecule has 6 nitrogen and oxygen atoms in total. The maximum absolute atomic E-state index is 13.1. The van der Waals surface area contributed by atoms with Gasteiger partial charge in [-0.3, -0.25) is 9.59 Å². The first-order valence-electron chi connectivity index (χ1n) is 9.36. The molecule has 1 heterocycles. The molecule has 146 valence electrons. The fourth-order valence-corrected chi connectivity index (χ4v) is 3.23. The van der Waals surface area contributed by atoms with E-state index < -0.39 is 11.5 Å². The molecule has 0 unspecified atom stereocenters. The fraction of sp³-hybridized carbons (Fsp3) is 0.273. The summed E-state index contributed by atoms with van der Waals surface area (Å²) < 4.78 is 6.73. The zero-order valence-corrected chi connectivity index (χ0v) is 16.1. The maximum Gasteiger partial charge on any atom is 0.267 e. The first-order chi connectivity index (χ1) is 13.6. The Morgan fingerprint density at radius 3 is 2.68 bits per heavy atom. The quantitative estimate of drug-likeness (QED) is 0.603. The van der Waals surface area contributed by atoms with Crippen LogP contribution in [0.4, 0.5) is 5.69 Å². The van der Waals surface area contributed by atoms with Gasteiger partial charge in [-0.2, -0.15) is 0 Å². The average Bonchev–Trinajstić information content (AvgIpc) is 2.71. The number of hydrogen-bond donors (Lipinski definition) is 2. The number of para-hydroxylation sites is 1. The summed E-state index contributed by atoms with van der Waals surface area (Å²) in [6.45, 7) is 2.58. The first-order valence-corrected chi connectivity index (χ1v) is 9.36. The highest BCUT2D eigenvalue weighted by atomic mass is 16.5. The van der Waals surface area contributed by atoms with Crippen LogP contribution >= 0.6 is 0 Å². The third-order valence-electron chi connectivity index (χ3n) is 4.69. The van der Waals surface area contributed by atoms with Crippen molar-refractivity contribution in [3.8, 4) is 11.5 Å². The predicted octanol–water partition coefficient (Wildman–Crippen LogP) is 4.16. The van der Waals surface area contributed by atoms with Crippen LogP contribution in [-0.2, 0) is 6.54 Å². The second-order valence-corrected chi connectivity index (χ2v) is 6.59. The van der Waals surface area contributed by atoms with Gasteiger partial charge >= 0.3 is 0 Å². The number of unbranched alkanes of at least 4 members (excludes halogenated alkanes) is 2. The van der Waals surface area contributed by atoms with E-state index in [4.69, 9.17) is 4.74 Å². The lowest BCUT2D eigenvalue weighted by molar-refractivity contribution is 0.102. The number of amides is 1. The van der Waals surface area contributed by atoms with E-state index in [9.17, 15) is 14.7 Å². The second kappa shape index (κ2) is 8.61. The number of ether oxygens (including phenoxy) is 1. The second-order valence-electron chi connectivity index (χ2n) is 6.59. The van der Waals surface area contributed by atoms with Gasteiger partial charge in [0.2, 0.25) is 0 Å². The van der Waals surface area contributed by atoms with Crippen LogP contribution in [0, 0.1) is 0 Å². The van der Waals surface area contributed by atoms with Gasteiger partial charge < -0.3 is 19.7 Å². The van der Waals surface area contributed by atoms with Crippen LogP contribution in [0.2, 0.25) is 0 Å². The SMILES string of the molecule is CCCCCn1c(=O)c(C(=O)Nc2cccc(OC)c2)c(O)c2ccccc21. The number of hydrogen-bond acceptors (Lipinski definition) is 4. The number of carbonyl (C=O) groups is 1. The number of aromatic hydroxyl groups is 1. The monoisotopic (exact) mass is 380 g/mol.